The van der Waals surface area contributed by atoms with Crippen molar-refractivity contribution in [3.8, 4) is 0 Å². The Bertz CT molecular complexity index is 804. The van der Waals surface area contributed by atoms with Gasteiger partial charge in [-0.3, -0.25) is 4.84 Å². The highest BCUT2D eigenvalue weighted by atomic mass is 127. The van der Waals surface area contributed by atoms with E-state index >= 15 is 0 Å². The molecule has 0 radical (unpaired) electrons. The molecule has 4 nitrogen and oxygen atoms in total. The molecule has 142 valence electrons. The van der Waals surface area contributed by atoms with Crippen LogP contribution in [0.4, 0.5) is 28.9 Å². The van der Waals surface area contributed by atoms with Gasteiger partial charge in [0, 0.05) is 3.57 Å². The second kappa shape index (κ2) is 8.07. The second-order valence-electron chi connectivity index (χ2n) is 5.98. The van der Waals surface area contributed by atoms with Crippen molar-refractivity contribution in [1.82, 2.24) is 0 Å². The van der Waals surface area contributed by atoms with Gasteiger partial charge in [0.15, 0.2) is 17.5 Å². The van der Waals surface area contributed by atoms with Crippen molar-refractivity contribution in [3.05, 3.63) is 57.2 Å². The summed E-state index contributed by atoms with van der Waals surface area (Å²) in [6.07, 6.45) is -1.41. The van der Waals surface area contributed by atoms with Crippen LogP contribution in [0, 0.1) is 26.8 Å². The summed E-state index contributed by atoms with van der Waals surface area (Å²) in [5, 5.41) is 19.7. The minimum atomic E-state index is -1.75. The fraction of sp³-hybridized carbons (Fsp3) is 0.294. The first-order chi connectivity index (χ1) is 12.1. The molecule has 0 saturated carbocycles. The highest BCUT2D eigenvalue weighted by molar-refractivity contribution is 14.1. The van der Waals surface area contributed by atoms with Crippen LogP contribution in [0.15, 0.2) is 30.3 Å². The molecule has 0 heterocycles. The van der Waals surface area contributed by atoms with Gasteiger partial charge in [-0.05, 0) is 66.8 Å². The molecule has 2 rings (SSSR count). The Morgan fingerprint density at radius 2 is 1.65 bits per heavy atom. The summed E-state index contributed by atoms with van der Waals surface area (Å²) in [4.78, 5) is 5.51. The van der Waals surface area contributed by atoms with E-state index in [1.165, 1.54) is 26.0 Å². The van der Waals surface area contributed by atoms with E-state index in [2.05, 4.69) is 0 Å². The van der Waals surface area contributed by atoms with E-state index in [-0.39, 0.29) is 5.69 Å². The molecule has 0 amide bonds. The minimum absolute atomic E-state index is 0.284. The van der Waals surface area contributed by atoms with Crippen LogP contribution in [0.1, 0.15) is 13.8 Å². The summed E-state index contributed by atoms with van der Waals surface area (Å²) in [5.41, 5.74) is -2.39. The number of halogens is 5. The van der Waals surface area contributed by atoms with Crippen LogP contribution in [-0.4, -0.2) is 28.5 Å². The lowest BCUT2D eigenvalue weighted by atomic mass is 10.0. The number of rotatable bonds is 6. The van der Waals surface area contributed by atoms with Crippen molar-refractivity contribution in [3.63, 3.8) is 0 Å². The van der Waals surface area contributed by atoms with E-state index < -0.39 is 47.3 Å². The number of aliphatic hydroxyl groups is 2. The number of anilines is 2. The van der Waals surface area contributed by atoms with Crippen molar-refractivity contribution in [1.29, 1.82) is 0 Å². The zero-order valence-corrected chi connectivity index (χ0v) is 16.0. The van der Waals surface area contributed by atoms with Gasteiger partial charge in [0.05, 0.1) is 6.61 Å². The zero-order chi connectivity index (χ0) is 19.6. The lowest BCUT2D eigenvalue weighted by Gasteiger charge is -2.36. The predicted octanol–water partition coefficient (Wildman–Crippen LogP) is 4.05. The van der Waals surface area contributed by atoms with Gasteiger partial charge >= 0.3 is 0 Å². The SMILES string of the molecule is CC(C)(ON(c1ccc(I)cc1F)c1ccc(F)c(F)c1F)C(O)CO. The molecule has 0 aliphatic heterocycles. The standard InChI is InChI=1S/C17H16F4INO3/c1-17(2,14(25)8-24)26-23(12-5-3-9(22)7-11(12)19)13-6-4-10(18)15(20)16(13)21/h3-7,14,24-25H,8H2,1-2H3. The van der Waals surface area contributed by atoms with E-state index in [0.717, 1.165) is 12.1 Å². The molecule has 2 N–H and O–H groups in total. The number of hydrogen-bond donors (Lipinski definition) is 2. The molecule has 0 spiro atoms. The van der Waals surface area contributed by atoms with E-state index in [1.807, 2.05) is 22.6 Å². The molecule has 9 heteroatoms. The summed E-state index contributed by atoms with van der Waals surface area (Å²) in [7, 11) is 0. The minimum Gasteiger partial charge on any atom is -0.394 e. The number of hydrogen-bond acceptors (Lipinski definition) is 4. The maximum Gasteiger partial charge on any atom is 0.196 e. The zero-order valence-electron chi connectivity index (χ0n) is 13.8. The second-order valence-corrected chi connectivity index (χ2v) is 7.22. The van der Waals surface area contributed by atoms with Crippen LogP contribution in [0.25, 0.3) is 0 Å². The highest BCUT2D eigenvalue weighted by Crippen LogP contribution is 2.35. The predicted molar refractivity (Wildman–Crippen MR) is 95.8 cm³/mol. The summed E-state index contributed by atoms with van der Waals surface area (Å²) < 4.78 is 56.2. The topological polar surface area (TPSA) is 52.9 Å². The van der Waals surface area contributed by atoms with Crippen molar-refractivity contribution in [2.24, 2.45) is 0 Å². The van der Waals surface area contributed by atoms with Crippen LogP contribution in [-0.2, 0) is 4.84 Å². The molecule has 26 heavy (non-hydrogen) atoms. The maximum atomic E-state index is 14.4. The van der Waals surface area contributed by atoms with Crippen LogP contribution < -0.4 is 5.06 Å². The van der Waals surface area contributed by atoms with Gasteiger partial charge in [0.1, 0.15) is 28.9 Å². The largest absolute Gasteiger partial charge is 0.394 e. The maximum absolute atomic E-state index is 14.4. The third-order valence-electron chi connectivity index (χ3n) is 3.66. The van der Waals surface area contributed by atoms with Crippen LogP contribution >= 0.6 is 22.6 Å². The molecule has 2 aromatic carbocycles. The van der Waals surface area contributed by atoms with Gasteiger partial charge in [-0.1, -0.05) is 0 Å². The Morgan fingerprint density at radius 1 is 1.04 bits per heavy atom. The molecule has 0 aromatic heterocycles. The average Bonchev–Trinajstić information content (AvgIpc) is 2.57. The van der Waals surface area contributed by atoms with Crippen molar-refractivity contribution in [2.75, 3.05) is 11.7 Å². The van der Waals surface area contributed by atoms with Gasteiger partial charge in [0.2, 0.25) is 0 Å². The summed E-state index contributed by atoms with van der Waals surface area (Å²) in [6, 6.07) is 5.46. The lowest BCUT2D eigenvalue weighted by Crippen LogP contribution is -2.45. The first-order valence-corrected chi connectivity index (χ1v) is 8.53. The lowest BCUT2D eigenvalue weighted by molar-refractivity contribution is -0.116. The van der Waals surface area contributed by atoms with Crippen LogP contribution in [0.3, 0.4) is 0 Å². The number of aliphatic hydroxyl groups excluding tert-OH is 2. The van der Waals surface area contributed by atoms with E-state index in [1.54, 1.807) is 0 Å². The van der Waals surface area contributed by atoms with E-state index in [4.69, 9.17) is 9.94 Å². The van der Waals surface area contributed by atoms with Gasteiger partial charge in [-0.25, -0.2) is 22.6 Å². The average molecular weight is 485 g/mol. The van der Waals surface area contributed by atoms with Crippen LogP contribution in [0.2, 0.25) is 0 Å². The Kier molecular flexibility index (Phi) is 6.48. The fourth-order valence-corrected chi connectivity index (χ4v) is 2.52. The Hall–Kier alpha value is -1.43. The summed E-state index contributed by atoms with van der Waals surface area (Å²) in [6.45, 7) is 2.04. The van der Waals surface area contributed by atoms with Gasteiger partial charge in [-0.15, -0.1) is 0 Å². The molecule has 1 unspecified atom stereocenters. The monoisotopic (exact) mass is 485 g/mol. The molecule has 0 bridgehead atoms. The molecule has 0 aliphatic carbocycles. The van der Waals surface area contributed by atoms with Crippen molar-refractivity contribution >= 4 is 34.0 Å². The third kappa shape index (κ3) is 4.27. The fourth-order valence-electron chi connectivity index (χ4n) is 2.06. The van der Waals surface area contributed by atoms with Crippen molar-refractivity contribution in [2.45, 2.75) is 25.6 Å². The van der Waals surface area contributed by atoms with E-state index in [0.29, 0.717) is 14.7 Å². The first-order valence-electron chi connectivity index (χ1n) is 7.45. The smallest absolute Gasteiger partial charge is 0.196 e. The number of nitrogens with zero attached hydrogens (tertiary/aromatic N) is 1. The molecule has 0 saturated heterocycles. The van der Waals surface area contributed by atoms with Crippen molar-refractivity contribution < 1.29 is 32.6 Å². The third-order valence-corrected chi connectivity index (χ3v) is 4.34. The van der Waals surface area contributed by atoms with E-state index in [9.17, 15) is 22.7 Å². The molecule has 2 aromatic rings. The Labute approximate surface area is 161 Å². The molecule has 0 fully saturated rings. The Balaban J connectivity index is 2.61. The highest BCUT2D eigenvalue weighted by Gasteiger charge is 2.34. The summed E-state index contributed by atoms with van der Waals surface area (Å²) in [5.74, 6) is -5.56. The Morgan fingerprint density at radius 3 is 2.23 bits per heavy atom. The normalized spacial score (nSPS) is 13.0. The van der Waals surface area contributed by atoms with Gasteiger partial charge in [0.25, 0.3) is 0 Å². The molecular formula is C17H16F4INO3. The number of benzene rings is 2. The van der Waals surface area contributed by atoms with Crippen LogP contribution in [0.5, 0.6) is 0 Å². The van der Waals surface area contributed by atoms with Gasteiger partial charge in [-0.2, -0.15) is 0 Å². The van der Waals surface area contributed by atoms with Gasteiger partial charge < -0.3 is 10.2 Å². The molecule has 1 atom stereocenters. The molecular weight excluding hydrogens is 469 g/mol. The molecule has 0 aliphatic rings. The summed E-state index contributed by atoms with van der Waals surface area (Å²) >= 11 is 1.87. The quantitative estimate of drug-likeness (QED) is 0.281. The first kappa shape index (κ1) is 20.9.